The van der Waals surface area contributed by atoms with Gasteiger partial charge in [-0.2, -0.15) is 0 Å². The number of likely N-dealkylation sites (tertiary alicyclic amines) is 1. The minimum Gasteiger partial charge on any atom is -0.550 e. The first-order valence-electron chi connectivity index (χ1n) is 12.6. The first kappa shape index (κ1) is 27.5. The average Bonchev–Trinajstić information content (AvgIpc) is 3.34. The second-order valence-electron chi connectivity index (χ2n) is 9.40. The van der Waals surface area contributed by atoms with Gasteiger partial charge in [0.1, 0.15) is 19.0 Å². The number of aromatic nitrogens is 2. The molecule has 3 heterocycles. The number of amides is 2. The Balaban J connectivity index is 0.00000336. The van der Waals surface area contributed by atoms with Crippen molar-refractivity contribution in [2.75, 3.05) is 26.3 Å². The molecule has 5 rings (SSSR count). The van der Waals surface area contributed by atoms with Crippen LogP contribution in [0.15, 0.2) is 42.5 Å². The van der Waals surface area contributed by atoms with E-state index in [2.05, 4.69) is 15.3 Å². The molecule has 194 valence electrons. The standard InChI is InChI=1S/C27H30N4O6.Li/c32-25(8-7-24-28-19-3-1-2-4-20(19)29-24)31-11-9-17(10-12-31)27(35)30-21(16-26(33)34)18-5-6-22-23(15-18)37-14-13-36-22;/h1-6,15,17,21H,7-14,16H2,(H,28,29)(H,30,35)(H,33,34);/q;+1/p-1. The van der Waals surface area contributed by atoms with E-state index in [1.54, 1.807) is 23.1 Å². The van der Waals surface area contributed by atoms with Gasteiger partial charge in [-0.05, 0) is 42.7 Å². The Morgan fingerprint density at radius 1 is 1.08 bits per heavy atom. The first-order chi connectivity index (χ1) is 18.0. The number of hydrogen-bond acceptors (Lipinski definition) is 7. The Hall–Kier alpha value is -3.48. The second kappa shape index (κ2) is 12.4. The van der Waals surface area contributed by atoms with E-state index in [9.17, 15) is 19.5 Å². The van der Waals surface area contributed by atoms with Gasteiger partial charge in [-0.25, -0.2) is 4.98 Å². The van der Waals surface area contributed by atoms with Gasteiger partial charge < -0.3 is 34.6 Å². The van der Waals surface area contributed by atoms with Crippen molar-refractivity contribution in [3.05, 3.63) is 53.9 Å². The molecule has 2 amide bonds. The van der Waals surface area contributed by atoms with Crippen molar-refractivity contribution < 1.29 is 47.8 Å². The summed E-state index contributed by atoms with van der Waals surface area (Å²) >= 11 is 0. The van der Waals surface area contributed by atoms with Crippen LogP contribution in [0.4, 0.5) is 0 Å². The fourth-order valence-electron chi connectivity index (χ4n) is 4.88. The number of ether oxygens (including phenoxy) is 2. The molecule has 2 aliphatic rings. The van der Waals surface area contributed by atoms with Crippen molar-refractivity contribution >= 4 is 28.8 Å². The molecule has 0 spiro atoms. The van der Waals surface area contributed by atoms with Crippen LogP contribution in [0.2, 0.25) is 0 Å². The molecule has 11 heteroatoms. The minimum absolute atomic E-state index is 0. The Labute approximate surface area is 232 Å². The number of piperidine rings is 1. The van der Waals surface area contributed by atoms with E-state index in [0.717, 1.165) is 16.9 Å². The first-order valence-corrected chi connectivity index (χ1v) is 12.6. The van der Waals surface area contributed by atoms with Crippen molar-refractivity contribution in [3.8, 4) is 11.5 Å². The number of H-pyrrole nitrogens is 1. The van der Waals surface area contributed by atoms with Gasteiger partial charge in [-0.15, -0.1) is 0 Å². The van der Waals surface area contributed by atoms with Gasteiger partial charge in [-0.1, -0.05) is 18.2 Å². The molecule has 0 radical (unpaired) electrons. The van der Waals surface area contributed by atoms with Gasteiger partial charge >= 0.3 is 18.9 Å². The summed E-state index contributed by atoms with van der Waals surface area (Å²) in [4.78, 5) is 46.7. The Morgan fingerprint density at radius 2 is 1.82 bits per heavy atom. The Morgan fingerprint density at radius 3 is 2.55 bits per heavy atom. The molecule has 0 aliphatic carbocycles. The number of aliphatic carboxylic acids is 1. The molecule has 2 N–H and O–H groups in total. The smallest absolute Gasteiger partial charge is 0.550 e. The molecule has 0 saturated carbocycles. The average molecular weight is 512 g/mol. The Bertz CT molecular complexity index is 1270. The van der Waals surface area contributed by atoms with E-state index in [1.807, 2.05) is 24.3 Å². The number of carboxylic acids is 1. The third-order valence-corrected chi connectivity index (χ3v) is 6.89. The summed E-state index contributed by atoms with van der Waals surface area (Å²) in [5.41, 5.74) is 2.44. The molecular weight excluding hydrogens is 483 g/mol. The van der Waals surface area contributed by atoms with Gasteiger partial charge in [0.2, 0.25) is 11.8 Å². The fourth-order valence-corrected chi connectivity index (χ4v) is 4.88. The number of imidazole rings is 1. The molecule has 1 fully saturated rings. The van der Waals surface area contributed by atoms with E-state index in [4.69, 9.17) is 9.47 Å². The number of rotatable bonds is 8. The Kier molecular flexibility index (Phi) is 8.97. The number of carbonyl (C=O) groups is 3. The topological polar surface area (TPSA) is 137 Å². The fraction of sp³-hybridized carbons (Fsp3) is 0.407. The molecule has 1 aromatic heterocycles. The maximum Gasteiger partial charge on any atom is 1.00 e. The van der Waals surface area contributed by atoms with Crippen LogP contribution >= 0.6 is 0 Å². The zero-order valence-corrected chi connectivity index (χ0v) is 21.4. The largest absolute Gasteiger partial charge is 1.00 e. The number of carboxylic acid groups (broad SMARTS) is 1. The predicted octanol–water partition coefficient (Wildman–Crippen LogP) is -1.49. The maximum absolute atomic E-state index is 13.0. The normalized spacial score (nSPS) is 15.9. The van der Waals surface area contributed by atoms with Gasteiger partial charge in [0.25, 0.3) is 0 Å². The summed E-state index contributed by atoms with van der Waals surface area (Å²) in [6.45, 7) is 1.81. The SMILES string of the molecule is O=C([O-])CC(NC(=O)C1CCN(C(=O)CCc2nc3ccccc3[nH]2)CC1)c1ccc2c(c1)OCCO2.[Li+]. The van der Waals surface area contributed by atoms with E-state index >= 15 is 0 Å². The molecule has 2 aliphatic heterocycles. The van der Waals surface area contributed by atoms with Crippen molar-refractivity contribution in [2.24, 2.45) is 5.92 Å². The van der Waals surface area contributed by atoms with Gasteiger partial charge in [0, 0.05) is 44.2 Å². The summed E-state index contributed by atoms with van der Waals surface area (Å²) in [5.74, 6) is 0.135. The zero-order chi connectivity index (χ0) is 25.8. The number of para-hydroxylation sites is 2. The number of benzene rings is 2. The molecule has 3 aromatic rings. The van der Waals surface area contributed by atoms with Crippen LogP contribution in [-0.4, -0.2) is 59.0 Å². The van der Waals surface area contributed by atoms with Crippen molar-refractivity contribution in [2.45, 2.75) is 38.1 Å². The molecule has 1 unspecified atom stereocenters. The summed E-state index contributed by atoms with van der Waals surface area (Å²) < 4.78 is 11.1. The van der Waals surface area contributed by atoms with E-state index in [0.29, 0.717) is 69.0 Å². The van der Waals surface area contributed by atoms with E-state index < -0.39 is 12.0 Å². The van der Waals surface area contributed by atoms with Crippen LogP contribution < -0.4 is 38.8 Å². The number of nitrogens with one attached hydrogen (secondary N) is 2. The number of carbonyl (C=O) groups excluding carboxylic acids is 3. The van der Waals surface area contributed by atoms with E-state index in [-0.39, 0.29) is 43.0 Å². The number of aromatic amines is 1. The molecule has 1 saturated heterocycles. The summed E-state index contributed by atoms with van der Waals surface area (Å²) in [6.07, 6.45) is 1.54. The van der Waals surface area contributed by atoms with Crippen molar-refractivity contribution in [3.63, 3.8) is 0 Å². The van der Waals surface area contributed by atoms with Crippen LogP contribution in [-0.2, 0) is 20.8 Å². The quantitative estimate of drug-likeness (QED) is 0.351. The van der Waals surface area contributed by atoms with Gasteiger partial charge in [0.05, 0.1) is 17.1 Å². The van der Waals surface area contributed by atoms with Crippen LogP contribution in [0.3, 0.4) is 0 Å². The third kappa shape index (κ3) is 6.50. The summed E-state index contributed by atoms with van der Waals surface area (Å²) in [7, 11) is 0. The molecule has 10 nitrogen and oxygen atoms in total. The number of hydrogen-bond donors (Lipinski definition) is 2. The van der Waals surface area contributed by atoms with Crippen LogP contribution in [0, 0.1) is 5.92 Å². The molecular formula is C27H29LiN4O6. The number of nitrogens with zero attached hydrogens (tertiary/aromatic N) is 2. The maximum atomic E-state index is 13.0. The third-order valence-electron chi connectivity index (χ3n) is 6.89. The van der Waals surface area contributed by atoms with Crippen LogP contribution in [0.25, 0.3) is 11.0 Å². The van der Waals surface area contributed by atoms with E-state index in [1.165, 1.54) is 0 Å². The van der Waals surface area contributed by atoms with Crippen molar-refractivity contribution in [1.82, 2.24) is 20.2 Å². The van der Waals surface area contributed by atoms with Gasteiger partial charge in [0.15, 0.2) is 11.5 Å². The zero-order valence-electron chi connectivity index (χ0n) is 21.4. The second-order valence-corrected chi connectivity index (χ2v) is 9.40. The summed E-state index contributed by atoms with van der Waals surface area (Å²) in [5, 5.41) is 14.3. The van der Waals surface area contributed by atoms with Crippen LogP contribution in [0.5, 0.6) is 11.5 Å². The van der Waals surface area contributed by atoms with Crippen LogP contribution in [0.1, 0.15) is 43.1 Å². The molecule has 1 atom stereocenters. The monoisotopic (exact) mass is 512 g/mol. The summed E-state index contributed by atoms with van der Waals surface area (Å²) in [6, 6.07) is 12.1. The minimum atomic E-state index is -1.26. The predicted molar refractivity (Wildman–Crippen MR) is 132 cm³/mol. The molecule has 38 heavy (non-hydrogen) atoms. The number of fused-ring (bicyclic) bond motifs is 2. The molecule has 2 aromatic carbocycles. The number of aryl methyl sites for hydroxylation is 1. The van der Waals surface area contributed by atoms with Gasteiger partial charge in [-0.3, -0.25) is 9.59 Å². The molecule has 0 bridgehead atoms. The van der Waals surface area contributed by atoms with Crippen molar-refractivity contribution in [1.29, 1.82) is 0 Å².